The van der Waals surface area contributed by atoms with Crippen LogP contribution >= 0.6 is 0 Å². The van der Waals surface area contributed by atoms with E-state index in [0.29, 0.717) is 25.8 Å². The Kier molecular flexibility index (Phi) is 10.8. The van der Waals surface area contributed by atoms with Gasteiger partial charge in [-0.3, -0.25) is 9.59 Å². The Morgan fingerprint density at radius 3 is 2.72 bits per heavy atom. The third-order valence-electron chi connectivity index (χ3n) is 5.76. The molecule has 5 heteroatoms. The Balaban J connectivity index is 1.68. The van der Waals surface area contributed by atoms with Gasteiger partial charge in [0.25, 0.3) is 0 Å². The number of nitrogens with zero attached hydrogens (tertiary/aromatic N) is 1. The molecule has 5 nitrogen and oxygen atoms in total. The largest absolute Gasteiger partial charge is 0.393 e. The average Bonchev–Trinajstić information content (AvgIpc) is 2.71. The minimum Gasteiger partial charge on any atom is -0.393 e. The van der Waals surface area contributed by atoms with Crippen molar-refractivity contribution in [1.29, 1.82) is 0 Å². The minimum atomic E-state index is -0.356. The predicted octanol–water partition coefficient (Wildman–Crippen LogP) is 3.84. The van der Waals surface area contributed by atoms with E-state index >= 15 is 0 Å². The maximum absolute atomic E-state index is 12.4. The summed E-state index contributed by atoms with van der Waals surface area (Å²) in [5.74, 6) is 0.397. The number of carbonyl (C=O) groups excluding carboxylic acids is 2. The summed E-state index contributed by atoms with van der Waals surface area (Å²) < 4.78 is 0. The molecule has 0 aromatic heterocycles. The van der Waals surface area contributed by atoms with E-state index in [1.807, 2.05) is 37.3 Å². The van der Waals surface area contributed by atoms with Gasteiger partial charge in [-0.15, -0.1) is 0 Å². The minimum absolute atomic E-state index is 0.132. The van der Waals surface area contributed by atoms with Crippen molar-refractivity contribution in [2.45, 2.75) is 89.7 Å². The summed E-state index contributed by atoms with van der Waals surface area (Å²) >= 11 is 0. The average molecular weight is 403 g/mol. The Hall–Kier alpha value is -1.88. The van der Waals surface area contributed by atoms with Gasteiger partial charge >= 0.3 is 0 Å². The van der Waals surface area contributed by atoms with Gasteiger partial charge in [0.15, 0.2) is 0 Å². The van der Waals surface area contributed by atoms with Crippen LogP contribution in [0.3, 0.4) is 0 Å². The van der Waals surface area contributed by atoms with Gasteiger partial charge in [-0.1, -0.05) is 43.2 Å². The summed E-state index contributed by atoms with van der Waals surface area (Å²) in [5, 5.41) is 13.2. The van der Waals surface area contributed by atoms with Crippen LogP contribution in [0, 0.1) is 0 Å². The molecular formula is C24H38N2O3. The molecule has 1 unspecified atom stereocenters. The Labute approximate surface area is 175 Å². The first kappa shape index (κ1) is 23.4. The molecule has 1 aliphatic rings. The summed E-state index contributed by atoms with van der Waals surface area (Å²) in [7, 11) is 0. The number of rotatable bonds is 13. The van der Waals surface area contributed by atoms with Crippen molar-refractivity contribution in [2.24, 2.45) is 0 Å². The molecule has 0 saturated carbocycles. The lowest BCUT2D eigenvalue weighted by atomic mass is 9.94. The fourth-order valence-electron chi connectivity index (χ4n) is 4.18. The molecule has 1 aromatic rings. The number of hydrogen-bond donors (Lipinski definition) is 2. The number of hydrogen-bond acceptors (Lipinski definition) is 3. The van der Waals surface area contributed by atoms with E-state index in [2.05, 4.69) is 10.2 Å². The summed E-state index contributed by atoms with van der Waals surface area (Å²) in [4.78, 5) is 26.0. The van der Waals surface area contributed by atoms with Gasteiger partial charge in [-0.25, -0.2) is 0 Å². The highest BCUT2D eigenvalue weighted by Crippen LogP contribution is 2.24. The van der Waals surface area contributed by atoms with E-state index in [0.717, 1.165) is 63.5 Å². The molecule has 162 valence electrons. The lowest BCUT2D eigenvalue weighted by Gasteiger charge is -2.36. The Bertz CT molecular complexity index is 605. The summed E-state index contributed by atoms with van der Waals surface area (Å²) in [6.07, 6.45) is 9.15. The first-order valence-electron chi connectivity index (χ1n) is 11.4. The molecule has 1 saturated heterocycles. The SMILES string of the molecule is CCNC(=O)CCCCCCN1C(=O)CCC[C@@H]1CCC(O)Cc1ccccc1. The molecule has 2 atom stereocenters. The van der Waals surface area contributed by atoms with Crippen LogP contribution in [0.2, 0.25) is 0 Å². The fourth-order valence-corrected chi connectivity index (χ4v) is 4.18. The van der Waals surface area contributed by atoms with E-state index < -0.39 is 0 Å². The highest BCUT2D eigenvalue weighted by atomic mass is 16.3. The predicted molar refractivity (Wildman–Crippen MR) is 117 cm³/mol. The molecule has 0 spiro atoms. The van der Waals surface area contributed by atoms with Crippen molar-refractivity contribution in [3.63, 3.8) is 0 Å². The van der Waals surface area contributed by atoms with E-state index in [4.69, 9.17) is 0 Å². The number of carbonyl (C=O) groups is 2. The monoisotopic (exact) mass is 402 g/mol. The zero-order chi connectivity index (χ0) is 20.9. The Morgan fingerprint density at radius 1 is 1.21 bits per heavy atom. The highest BCUT2D eigenvalue weighted by Gasteiger charge is 2.27. The van der Waals surface area contributed by atoms with Crippen LogP contribution in [-0.4, -0.2) is 47.1 Å². The van der Waals surface area contributed by atoms with Crippen LogP contribution in [0.15, 0.2) is 30.3 Å². The number of unbranched alkanes of at least 4 members (excludes halogenated alkanes) is 3. The van der Waals surface area contributed by atoms with Gasteiger partial charge < -0.3 is 15.3 Å². The zero-order valence-electron chi connectivity index (χ0n) is 17.9. The fraction of sp³-hybridized carbons (Fsp3) is 0.667. The van der Waals surface area contributed by atoms with E-state index in [1.165, 1.54) is 0 Å². The molecule has 29 heavy (non-hydrogen) atoms. The van der Waals surface area contributed by atoms with Crippen LogP contribution in [0.25, 0.3) is 0 Å². The summed E-state index contributed by atoms with van der Waals surface area (Å²) in [6.45, 7) is 3.43. The van der Waals surface area contributed by atoms with Crippen LogP contribution < -0.4 is 5.32 Å². The normalized spacial score (nSPS) is 17.9. The smallest absolute Gasteiger partial charge is 0.222 e. The molecule has 1 fully saturated rings. The van der Waals surface area contributed by atoms with E-state index in [9.17, 15) is 14.7 Å². The molecule has 2 N–H and O–H groups in total. The maximum atomic E-state index is 12.4. The second kappa shape index (κ2) is 13.4. The molecule has 2 rings (SSSR count). The van der Waals surface area contributed by atoms with E-state index in [1.54, 1.807) is 0 Å². The van der Waals surface area contributed by atoms with Crippen molar-refractivity contribution < 1.29 is 14.7 Å². The first-order valence-corrected chi connectivity index (χ1v) is 11.4. The number of nitrogens with one attached hydrogen (secondary N) is 1. The van der Waals surface area contributed by atoms with Gasteiger partial charge in [0, 0.05) is 32.0 Å². The third kappa shape index (κ3) is 8.99. The maximum Gasteiger partial charge on any atom is 0.222 e. The van der Waals surface area contributed by atoms with Crippen LogP contribution in [0.5, 0.6) is 0 Å². The summed E-state index contributed by atoms with van der Waals surface area (Å²) in [6, 6.07) is 10.3. The van der Waals surface area contributed by atoms with Gasteiger partial charge in [0.1, 0.15) is 0 Å². The molecule has 0 bridgehead atoms. The van der Waals surface area contributed by atoms with Crippen molar-refractivity contribution in [3.8, 4) is 0 Å². The van der Waals surface area contributed by atoms with Crippen molar-refractivity contribution in [2.75, 3.05) is 13.1 Å². The molecule has 1 aliphatic heterocycles. The molecule has 0 aliphatic carbocycles. The number of benzene rings is 1. The van der Waals surface area contributed by atoms with Crippen LogP contribution in [-0.2, 0) is 16.0 Å². The number of likely N-dealkylation sites (tertiary alicyclic amines) is 1. The van der Waals surface area contributed by atoms with Crippen LogP contribution in [0.4, 0.5) is 0 Å². The number of piperidine rings is 1. The number of amides is 2. The van der Waals surface area contributed by atoms with E-state index in [-0.39, 0.29) is 24.0 Å². The lowest BCUT2D eigenvalue weighted by molar-refractivity contribution is -0.136. The topological polar surface area (TPSA) is 69.6 Å². The van der Waals surface area contributed by atoms with Crippen molar-refractivity contribution >= 4 is 11.8 Å². The standard InChI is InChI=1S/C24H38N2O3/c1-2-25-23(28)14-8-3-4-9-18-26-21(13-10-15-24(26)29)16-17-22(27)19-20-11-6-5-7-12-20/h5-7,11-12,21-22,27H,2-4,8-10,13-19H2,1H3,(H,25,28)/t21-,22?/m1/s1. The third-order valence-corrected chi connectivity index (χ3v) is 5.76. The quantitative estimate of drug-likeness (QED) is 0.493. The number of aliphatic hydroxyl groups is 1. The molecule has 2 amide bonds. The second-order valence-corrected chi connectivity index (χ2v) is 8.17. The molecule has 1 aromatic carbocycles. The van der Waals surface area contributed by atoms with Crippen molar-refractivity contribution in [3.05, 3.63) is 35.9 Å². The van der Waals surface area contributed by atoms with Gasteiger partial charge in [0.05, 0.1) is 6.10 Å². The second-order valence-electron chi connectivity index (χ2n) is 8.17. The Morgan fingerprint density at radius 2 is 1.97 bits per heavy atom. The van der Waals surface area contributed by atoms with Gasteiger partial charge in [-0.05, 0) is 57.4 Å². The van der Waals surface area contributed by atoms with Gasteiger partial charge in [0.2, 0.25) is 11.8 Å². The highest BCUT2D eigenvalue weighted by molar-refractivity contribution is 5.77. The zero-order valence-corrected chi connectivity index (χ0v) is 17.9. The lowest BCUT2D eigenvalue weighted by Crippen LogP contribution is -2.44. The van der Waals surface area contributed by atoms with Gasteiger partial charge in [-0.2, -0.15) is 0 Å². The molecule has 1 heterocycles. The molecular weight excluding hydrogens is 364 g/mol. The molecule has 0 radical (unpaired) electrons. The summed E-state index contributed by atoms with van der Waals surface area (Å²) in [5.41, 5.74) is 1.16. The van der Waals surface area contributed by atoms with Crippen molar-refractivity contribution in [1.82, 2.24) is 10.2 Å². The number of aliphatic hydroxyl groups excluding tert-OH is 1. The first-order chi connectivity index (χ1) is 14.1. The van der Waals surface area contributed by atoms with Crippen LogP contribution in [0.1, 0.15) is 76.7 Å².